The number of carbonyl (C=O) groups excluding carboxylic acids is 2. The average Bonchev–Trinajstić information content (AvgIpc) is 2.90. The molecule has 1 saturated heterocycles. The molecule has 0 radical (unpaired) electrons. The van der Waals surface area contributed by atoms with Crippen LogP contribution in [0.25, 0.3) is 0 Å². The lowest BCUT2D eigenvalue weighted by atomic mass is 10.3. The molecule has 1 aliphatic rings. The van der Waals surface area contributed by atoms with Crippen molar-refractivity contribution in [1.29, 1.82) is 0 Å². The van der Waals surface area contributed by atoms with E-state index in [2.05, 4.69) is 10.3 Å². The predicted octanol–water partition coefficient (Wildman–Crippen LogP) is 1.37. The fourth-order valence-corrected chi connectivity index (χ4v) is 2.66. The van der Waals surface area contributed by atoms with E-state index in [4.69, 9.17) is 11.6 Å². The Morgan fingerprint density at radius 1 is 1.53 bits per heavy atom. The van der Waals surface area contributed by atoms with Gasteiger partial charge < -0.3 is 5.32 Å². The number of thiazole rings is 1. The minimum absolute atomic E-state index is 0.118. The number of alkyl halides is 1. The van der Waals surface area contributed by atoms with E-state index >= 15 is 0 Å². The molecule has 1 aliphatic heterocycles. The van der Waals surface area contributed by atoms with Gasteiger partial charge in [0.1, 0.15) is 0 Å². The molecule has 2 rings (SSSR count). The van der Waals surface area contributed by atoms with Crippen LogP contribution in [0, 0.1) is 0 Å². The number of aromatic nitrogens is 1. The van der Waals surface area contributed by atoms with Crippen LogP contribution in [-0.2, 0) is 17.1 Å². The minimum atomic E-state index is -0.296. The predicted molar refractivity (Wildman–Crippen MR) is 65.1 cm³/mol. The maximum Gasteiger partial charge on any atom is 0.324 e. The van der Waals surface area contributed by atoms with E-state index in [1.54, 1.807) is 11.3 Å². The van der Waals surface area contributed by atoms with Gasteiger partial charge in [0.2, 0.25) is 5.91 Å². The third kappa shape index (κ3) is 2.95. The van der Waals surface area contributed by atoms with Gasteiger partial charge in [-0.15, -0.1) is 22.9 Å². The summed E-state index contributed by atoms with van der Waals surface area (Å²) < 4.78 is 0. The molecule has 0 bridgehead atoms. The molecule has 92 valence electrons. The Labute approximate surface area is 108 Å². The van der Waals surface area contributed by atoms with Gasteiger partial charge in [0, 0.05) is 18.3 Å². The Morgan fingerprint density at radius 3 is 2.94 bits per heavy atom. The Hall–Kier alpha value is -1.14. The number of urea groups is 1. The van der Waals surface area contributed by atoms with Crippen LogP contribution in [0.2, 0.25) is 0 Å². The first-order valence-electron chi connectivity index (χ1n) is 5.28. The highest BCUT2D eigenvalue weighted by Gasteiger charge is 2.27. The Bertz CT molecular complexity index is 419. The maximum atomic E-state index is 11.3. The van der Waals surface area contributed by atoms with Crippen molar-refractivity contribution >= 4 is 34.9 Å². The lowest BCUT2D eigenvalue weighted by Gasteiger charge is -2.10. The van der Waals surface area contributed by atoms with Crippen LogP contribution in [0.15, 0.2) is 5.38 Å². The van der Waals surface area contributed by atoms with Crippen molar-refractivity contribution in [1.82, 2.24) is 15.2 Å². The molecule has 2 heterocycles. The molecule has 0 aliphatic carbocycles. The Kier molecular flexibility index (Phi) is 3.96. The summed E-state index contributed by atoms with van der Waals surface area (Å²) >= 11 is 7.21. The summed E-state index contributed by atoms with van der Waals surface area (Å²) in [4.78, 5) is 28.1. The number of hydrogen-bond donors (Lipinski definition) is 1. The number of rotatable bonds is 5. The smallest absolute Gasteiger partial charge is 0.324 e. The maximum absolute atomic E-state index is 11.3. The first kappa shape index (κ1) is 12.3. The van der Waals surface area contributed by atoms with Crippen LogP contribution in [-0.4, -0.2) is 34.9 Å². The summed E-state index contributed by atoms with van der Waals surface area (Å²) in [6.45, 7) is 0.562. The molecule has 17 heavy (non-hydrogen) atoms. The fourth-order valence-electron chi connectivity index (χ4n) is 1.60. The van der Waals surface area contributed by atoms with E-state index in [0.717, 1.165) is 23.5 Å². The lowest BCUT2D eigenvalue weighted by Crippen LogP contribution is -2.32. The normalized spacial score (nSPS) is 15.5. The molecular weight excluding hydrogens is 262 g/mol. The molecule has 0 saturated carbocycles. The largest absolute Gasteiger partial charge is 0.329 e. The highest BCUT2D eigenvalue weighted by atomic mass is 35.5. The second kappa shape index (κ2) is 5.46. The standard InChI is InChI=1S/C10H12ClN3O2S/c11-4-7-6-17-8(13-7)2-1-3-14-9(15)5-12-10(14)16/h6H,1-5H2,(H,12,16). The lowest BCUT2D eigenvalue weighted by molar-refractivity contribution is -0.125. The zero-order chi connectivity index (χ0) is 12.3. The van der Waals surface area contributed by atoms with Crippen LogP contribution >= 0.6 is 22.9 Å². The summed E-state index contributed by atoms with van der Waals surface area (Å²) in [5.41, 5.74) is 0.877. The number of nitrogens with zero attached hydrogens (tertiary/aromatic N) is 2. The number of imide groups is 1. The van der Waals surface area contributed by atoms with Crippen molar-refractivity contribution in [2.75, 3.05) is 13.1 Å². The molecule has 1 aromatic rings. The third-order valence-corrected chi connectivity index (χ3v) is 3.68. The van der Waals surface area contributed by atoms with Gasteiger partial charge in [-0.05, 0) is 6.42 Å². The number of carbonyl (C=O) groups is 2. The molecule has 5 nitrogen and oxygen atoms in total. The summed E-state index contributed by atoms with van der Waals surface area (Å²) in [6, 6.07) is -0.296. The zero-order valence-electron chi connectivity index (χ0n) is 9.11. The number of halogens is 1. The van der Waals surface area contributed by atoms with E-state index < -0.39 is 0 Å². The quantitative estimate of drug-likeness (QED) is 0.651. The van der Waals surface area contributed by atoms with E-state index in [-0.39, 0.29) is 18.5 Å². The van der Waals surface area contributed by atoms with E-state index in [9.17, 15) is 9.59 Å². The molecule has 7 heteroatoms. The summed E-state index contributed by atoms with van der Waals surface area (Å²) in [6.07, 6.45) is 1.49. The minimum Gasteiger partial charge on any atom is -0.329 e. The van der Waals surface area contributed by atoms with Gasteiger partial charge in [-0.1, -0.05) is 0 Å². The molecule has 0 atom stereocenters. The fraction of sp³-hybridized carbons (Fsp3) is 0.500. The number of aryl methyl sites for hydroxylation is 1. The average molecular weight is 274 g/mol. The van der Waals surface area contributed by atoms with Gasteiger partial charge in [-0.25, -0.2) is 9.78 Å². The van der Waals surface area contributed by atoms with Crippen molar-refractivity contribution < 1.29 is 9.59 Å². The highest BCUT2D eigenvalue weighted by molar-refractivity contribution is 7.09. The SMILES string of the molecule is O=C1CNC(=O)N1CCCc1nc(CCl)cs1. The van der Waals surface area contributed by atoms with Crippen molar-refractivity contribution in [3.63, 3.8) is 0 Å². The van der Waals surface area contributed by atoms with Gasteiger partial charge in [0.15, 0.2) is 0 Å². The molecule has 1 N–H and O–H groups in total. The van der Waals surface area contributed by atoms with E-state index in [1.165, 1.54) is 4.90 Å². The summed E-state index contributed by atoms with van der Waals surface area (Å²) in [5.74, 6) is 0.263. The monoisotopic (exact) mass is 273 g/mol. The Balaban J connectivity index is 1.79. The van der Waals surface area contributed by atoms with Crippen LogP contribution in [0.3, 0.4) is 0 Å². The summed E-state index contributed by atoms with van der Waals surface area (Å²) in [5, 5.41) is 5.41. The van der Waals surface area contributed by atoms with Gasteiger partial charge in [-0.3, -0.25) is 9.69 Å². The first-order chi connectivity index (χ1) is 8.20. The number of amides is 3. The second-order valence-corrected chi connectivity index (χ2v) is 4.88. The van der Waals surface area contributed by atoms with Crippen LogP contribution in [0.1, 0.15) is 17.1 Å². The molecule has 0 aromatic carbocycles. The summed E-state index contributed by atoms with van der Waals surface area (Å²) in [7, 11) is 0. The number of hydrogen-bond acceptors (Lipinski definition) is 4. The van der Waals surface area contributed by atoms with Crippen LogP contribution in [0.4, 0.5) is 4.79 Å². The van der Waals surface area contributed by atoms with E-state index in [0.29, 0.717) is 12.4 Å². The van der Waals surface area contributed by atoms with Gasteiger partial charge in [0.25, 0.3) is 0 Å². The van der Waals surface area contributed by atoms with Crippen molar-refractivity contribution in [2.24, 2.45) is 0 Å². The van der Waals surface area contributed by atoms with Gasteiger partial charge in [-0.2, -0.15) is 0 Å². The van der Waals surface area contributed by atoms with Gasteiger partial charge in [0.05, 0.1) is 23.1 Å². The Morgan fingerprint density at radius 2 is 2.35 bits per heavy atom. The first-order valence-corrected chi connectivity index (χ1v) is 6.69. The van der Waals surface area contributed by atoms with Crippen LogP contribution in [0.5, 0.6) is 0 Å². The topological polar surface area (TPSA) is 62.3 Å². The molecule has 0 unspecified atom stereocenters. The molecule has 0 spiro atoms. The van der Waals surface area contributed by atoms with Gasteiger partial charge >= 0.3 is 6.03 Å². The zero-order valence-corrected chi connectivity index (χ0v) is 10.7. The van der Waals surface area contributed by atoms with Crippen molar-refractivity contribution in [2.45, 2.75) is 18.7 Å². The molecular formula is C10H12ClN3O2S. The number of nitrogens with one attached hydrogen (secondary N) is 1. The van der Waals surface area contributed by atoms with Crippen molar-refractivity contribution in [3.8, 4) is 0 Å². The second-order valence-electron chi connectivity index (χ2n) is 3.67. The third-order valence-electron chi connectivity index (χ3n) is 2.45. The van der Waals surface area contributed by atoms with Crippen molar-refractivity contribution in [3.05, 3.63) is 16.1 Å². The molecule has 1 fully saturated rings. The highest BCUT2D eigenvalue weighted by Crippen LogP contribution is 2.14. The van der Waals surface area contributed by atoms with E-state index in [1.807, 2.05) is 5.38 Å². The molecule has 1 aromatic heterocycles. The van der Waals surface area contributed by atoms with Crippen LogP contribution < -0.4 is 5.32 Å². The molecule has 3 amide bonds.